The molecule has 7 heteroatoms. The second kappa shape index (κ2) is 5.82. The molecule has 0 aliphatic heterocycles. The third kappa shape index (κ3) is 2.58. The third-order valence-corrected chi connectivity index (χ3v) is 4.21. The topological polar surface area (TPSA) is 53.2 Å². The Labute approximate surface area is 134 Å². The van der Waals surface area contributed by atoms with Crippen molar-refractivity contribution in [1.29, 1.82) is 0 Å². The van der Waals surface area contributed by atoms with Gasteiger partial charge in [0.15, 0.2) is 0 Å². The van der Waals surface area contributed by atoms with Crippen molar-refractivity contribution in [3.63, 3.8) is 0 Å². The maximum atomic E-state index is 12.5. The zero-order valence-electron chi connectivity index (χ0n) is 11.5. The lowest BCUT2D eigenvalue weighted by Gasteiger charge is -2.03. The van der Waals surface area contributed by atoms with Gasteiger partial charge in [-0.1, -0.05) is 17.7 Å². The van der Waals surface area contributed by atoms with E-state index in [4.69, 9.17) is 16.3 Å². The molecule has 3 aromatic rings. The van der Waals surface area contributed by atoms with Crippen molar-refractivity contribution in [3.8, 4) is 17.1 Å². The van der Waals surface area contributed by atoms with Gasteiger partial charge in [-0.25, -0.2) is 13.3 Å². The van der Waals surface area contributed by atoms with Crippen LogP contribution in [-0.2, 0) is 0 Å². The lowest BCUT2D eigenvalue weighted by molar-refractivity contribution is 0.414. The maximum Gasteiger partial charge on any atom is 0.350 e. The van der Waals surface area contributed by atoms with Crippen LogP contribution in [0.3, 0.4) is 0 Å². The minimum Gasteiger partial charge on any atom is -0.497 e. The molecule has 112 valence electrons. The summed E-state index contributed by atoms with van der Waals surface area (Å²) in [5, 5.41) is 0.501. The minimum atomic E-state index is -0.428. The van der Waals surface area contributed by atoms with Crippen LogP contribution in [0.2, 0.25) is 5.02 Å². The van der Waals surface area contributed by atoms with Gasteiger partial charge in [-0.3, -0.25) is 4.79 Å². The molecule has 0 spiro atoms. The minimum absolute atomic E-state index is 0.366. The summed E-state index contributed by atoms with van der Waals surface area (Å²) >= 11 is 6.76. The summed E-state index contributed by atoms with van der Waals surface area (Å²) in [6.07, 6.45) is 0. The molecule has 2 aromatic carbocycles. The van der Waals surface area contributed by atoms with Crippen molar-refractivity contribution < 1.29 is 4.74 Å². The van der Waals surface area contributed by atoms with E-state index < -0.39 is 5.69 Å². The average molecular weight is 335 g/mol. The molecule has 0 aliphatic carbocycles. The fourth-order valence-corrected chi connectivity index (χ4v) is 3.02. The van der Waals surface area contributed by atoms with Gasteiger partial charge in [0, 0.05) is 16.6 Å². The first-order valence-corrected chi connectivity index (χ1v) is 7.51. The first-order valence-electron chi connectivity index (χ1n) is 6.36. The lowest BCUT2D eigenvalue weighted by Crippen LogP contribution is -2.26. The number of hydrogen-bond donors (Lipinski definition) is 0. The molecule has 0 atom stereocenters. The number of halogens is 1. The van der Waals surface area contributed by atoms with Gasteiger partial charge in [-0.15, -0.1) is 0 Å². The molecule has 0 N–H and O–H groups in total. The van der Waals surface area contributed by atoms with Crippen LogP contribution in [0.4, 0.5) is 0 Å². The van der Waals surface area contributed by atoms with Crippen LogP contribution in [0.1, 0.15) is 0 Å². The summed E-state index contributed by atoms with van der Waals surface area (Å²) in [6, 6.07) is 13.5. The summed E-state index contributed by atoms with van der Waals surface area (Å²) in [5.74, 6) is 0.655. The van der Waals surface area contributed by atoms with E-state index in [1.807, 2.05) is 0 Å². The molecule has 3 rings (SSSR count). The molecule has 0 amide bonds. The van der Waals surface area contributed by atoms with E-state index in [1.165, 1.54) is 3.96 Å². The third-order valence-electron chi connectivity index (χ3n) is 3.09. The van der Waals surface area contributed by atoms with Crippen LogP contribution in [0.5, 0.6) is 5.75 Å². The van der Waals surface area contributed by atoms with Gasteiger partial charge < -0.3 is 4.74 Å². The number of aromatic nitrogens is 2. The van der Waals surface area contributed by atoms with Crippen LogP contribution in [0, 0.1) is 0 Å². The molecule has 0 aliphatic rings. The Morgan fingerprint density at radius 2 is 1.77 bits per heavy atom. The van der Waals surface area contributed by atoms with E-state index in [-0.39, 0.29) is 4.87 Å². The first kappa shape index (κ1) is 14.6. The highest BCUT2D eigenvalue weighted by atomic mass is 35.5. The SMILES string of the molecule is COc1ccc(-n2c(=O)sn(-c3cccc(Cl)c3)c2=O)cc1. The van der Waals surface area contributed by atoms with Crippen molar-refractivity contribution in [3.05, 3.63) is 73.7 Å². The van der Waals surface area contributed by atoms with E-state index in [9.17, 15) is 9.59 Å². The van der Waals surface area contributed by atoms with Crippen LogP contribution < -0.4 is 15.3 Å². The number of ether oxygens (including phenoxy) is 1. The molecule has 0 unspecified atom stereocenters. The largest absolute Gasteiger partial charge is 0.497 e. The highest BCUT2D eigenvalue weighted by molar-refractivity contribution is 7.03. The predicted octanol–water partition coefficient (Wildman–Crippen LogP) is 2.71. The van der Waals surface area contributed by atoms with E-state index in [0.717, 1.165) is 16.1 Å². The number of benzene rings is 2. The molecule has 0 bridgehead atoms. The highest BCUT2D eigenvalue weighted by Gasteiger charge is 2.13. The Balaban J connectivity index is 2.14. The number of rotatable bonds is 3. The van der Waals surface area contributed by atoms with E-state index >= 15 is 0 Å². The molecule has 22 heavy (non-hydrogen) atoms. The van der Waals surface area contributed by atoms with Gasteiger partial charge in [0.05, 0.1) is 18.5 Å². The lowest BCUT2D eigenvalue weighted by atomic mass is 10.3. The Hall–Kier alpha value is -2.31. The summed E-state index contributed by atoms with van der Waals surface area (Å²) in [4.78, 5) is 24.3. The Morgan fingerprint density at radius 1 is 1.05 bits per heavy atom. The van der Waals surface area contributed by atoms with Gasteiger partial charge >= 0.3 is 10.6 Å². The molecule has 0 saturated carbocycles. The van der Waals surface area contributed by atoms with Gasteiger partial charge in [-0.2, -0.15) is 0 Å². The van der Waals surface area contributed by atoms with Crippen molar-refractivity contribution in [2.45, 2.75) is 0 Å². The number of hydrogen-bond acceptors (Lipinski definition) is 4. The Kier molecular flexibility index (Phi) is 3.87. The first-order chi connectivity index (χ1) is 10.6. The standard InChI is InChI=1S/C15H11ClN2O3S/c1-21-13-7-5-11(6-8-13)17-14(19)18(22-15(17)20)12-4-2-3-10(16)9-12/h2-9H,1H3. The summed E-state index contributed by atoms with van der Waals surface area (Å²) in [5.41, 5.74) is 0.627. The van der Waals surface area contributed by atoms with Crippen LogP contribution in [-0.4, -0.2) is 15.6 Å². The fraction of sp³-hybridized carbons (Fsp3) is 0.0667. The monoisotopic (exact) mass is 334 g/mol. The van der Waals surface area contributed by atoms with Crippen molar-refractivity contribution in [2.24, 2.45) is 0 Å². The average Bonchev–Trinajstić information content (AvgIpc) is 2.82. The van der Waals surface area contributed by atoms with Crippen LogP contribution >= 0.6 is 23.1 Å². The Morgan fingerprint density at radius 3 is 2.41 bits per heavy atom. The van der Waals surface area contributed by atoms with Gasteiger partial charge in [0.2, 0.25) is 0 Å². The van der Waals surface area contributed by atoms with Crippen molar-refractivity contribution in [2.75, 3.05) is 7.11 Å². The molecular weight excluding hydrogens is 324 g/mol. The molecule has 1 aromatic heterocycles. The summed E-state index contributed by atoms with van der Waals surface area (Å²) < 4.78 is 7.50. The summed E-state index contributed by atoms with van der Waals surface area (Å²) in [6.45, 7) is 0. The van der Waals surface area contributed by atoms with E-state index in [0.29, 0.717) is 22.1 Å². The molecule has 0 saturated heterocycles. The van der Waals surface area contributed by atoms with E-state index in [1.54, 1.807) is 55.6 Å². The van der Waals surface area contributed by atoms with Gasteiger partial charge in [-0.05, 0) is 42.5 Å². The zero-order chi connectivity index (χ0) is 15.7. The molecule has 1 heterocycles. The normalized spacial score (nSPS) is 10.6. The van der Waals surface area contributed by atoms with Crippen molar-refractivity contribution in [1.82, 2.24) is 8.52 Å². The maximum absolute atomic E-state index is 12.5. The Bertz CT molecular complexity index is 925. The smallest absolute Gasteiger partial charge is 0.350 e. The molecule has 5 nitrogen and oxygen atoms in total. The second-order valence-corrected chi connectivity index (χ2v) is 5.78. The fourth-order valence-electron chi connectivity index (χ4n) is 2.04. The quantitative estimate of drug-likeness (QED) is 0.740. The summed E-state index contributed by atoms with van der Waals surface area (Å²) in [7, 11) is 1.55. The second-order valence-electron chi connectivity index (χ2n) is 4.45. The highest BCUT2D eigenvalue weighted by Crippen LogP contribution is 2.16. The van der Waals surface area contributed by atoms with Crippen molar-refractivity contribution >= 4 is 23.1 Å². The zero-order valence-corrected chi connectivity index (χ0v) is 13.1. The molecule has 0 radical (unpaired) electrons. The molecule has 0 fully saturated rings. The predicted molar refractivity (Wildman–Crippen MR) is 87.1 cm³/mol. The van der Waals surface area contributed by atoms with E-state index in [2.05, 4.69) is 0 Å². The number of methoxy groups -OCH3 is 1. The van der Waals surface area contributed by atoms with Gasteiger partial charge in [0.1, 0.15) is 5.75 Å². The van der Waals surface area contributed by atoms with Crippen LogP contribution in [0.15, 0.2) is 58.1 Å². The molecular formula is C15H11ClN2O3S. The van der Waals surface area contributed by atoms with Crippen LogP contribution in [0.25, 0.3) is 11.4 Å². The number of nitrogens with zero attached hydrogens (tertiary/aromatic N) is 2. The van der Waals surface area contributed by atoms with Gasteiger partial charge in [0.25, 0.3) is 0 Å².